The quantitative estimate of drug-likeness (QED) is 0.665. The molecule has 0 aromatic heterocycles. The van der Waals surface area contributed by atoms with Gasteiger partial charge in [0.25, 0.3) is 0 Å². The molecule has 1 aliphatic rings. The maximum Gasteiger partial charge on any atom is 0.0591 e. The van der Waals surface area contributed by atoms with Crippen LogP contribution >= 0.6 is 0 Å². The lowest BCUT2D eigenvalue weighted by Crippen LogP contribution is -2.42. The fraction of sp³-hybridized carbons (Fsp3) is 1.00. The third kappa shape index (κ3) is 6.19. The van der Waals surface area contributed by atoms with Crippen LogP contribution in [0.1, 0.15) is 59.8 Å². The summed E-state index contributed by atoms with van der Waals surface area (Å²) in [5.41, 5.74) is 0. The lowest BCUT2D eigenvalue weighted by atomic mass is 9.78. The van der Waals surface area contributed by atoms with Crippen molar-refractivity contribution in [3.05, 3.63) is 0 Å². The highest BCUT2D eigenvalue weighted by Gasteiger charge is 2.26. The summed E-state index contributed by atoms with van der Waals surface area (Å²) >= 11 is 0. The second-order valence-corrected chi connectivity index (χ2v) is 6.55. The summed E-state index contributed by atoms with van der Waals surface area (Å²) in [5.74, 6) is 2.43. The van der Waals surface area contributed by atoms with Crippen LogP contribution in [0.5, 0.6) is 0 Å². The van der Waals surface area contributed by atoms with E-state index in [0.29, 0.717) is 0 Å². The molecule has 2 heteroatoms. The second-order valence-electron chi connectivity index (χ2n) is 6.55. The molecule has 1 fully saturated rings. The molecule has 18 heavy (non-hydrogen) atoms. The number of hydrogen-bond donors (Lipinski definition) is 1. The van der Waals surface area contributed by atoms with Crippen LogP contribution in [-0.4, -0.2) is 25.8 Å². The molecule has 1 rings (SSSR count). The summed E-state index contributed by atoms with van der Waals surface area (Å²) in [5, 5.41) is 3.72. The minimum absolute atomic E-state index is 0.729. The van der Waals surface area contributed by atoms with Crippen LogP contribution < -0.4 is 5.32 Å². The van der Waals surface area contributed by atoms with Gasteiger partial charge in [-0.25, -0.2) is 0 Å². The Labute approximate surface area is 114 Å². The molecule has 0 heterocycles. The predicted octanol–water partition coefficient (Wildman–Crippen LogP) is 3.85. The van der Waals surface area contributed by atoms with Crippen LogP contribution in [0.25, 0.3) is 0 Å². The Balaban J connectivity index is 2.09. The summed E-state index contributed by atoms with van der Waals surface area (Å²) < 4.78 is 5.67. The van der Waals surface area contributed by atoms with Gasteiger partial charge in [0.2, 0.25) is 0 Å². The topological polar surface area (TPSA) is 21.3 Å². The standard InChI is InChI=1S/C16H33NO/c1-13(2)9-11-18-12-10-17-16-8-6-5-7-15(16)14(3)4/h13-17H,5-12H2,1-4H3. The van der Waals surface area contributed by atoms with E-state index in [1.54, 1.807) is 0 Å². The molecule has 2 unspecified atom stereocenters. The van der Waals surface area contributed by atoms with Gasteiger partial charge in [0.05, 0.1) is 6.61 Å². The van der Waals surface area contributed by atoms with E-state index < -0.39 is 0 Å². The van der Waals surface area contributed by atoms with Gasteiger partial charge in [-0.15, -0.1) is 0 Å². The van der Waals surface area contributed by atoms with Crippen LogP contribution in [0.15, 0.2) is 0 Å². The molecule has 1 N–H and O–H groups in total. The van der Waals surface area contributed by atoms with Gasteiger partial charge in [0.15, 0.2) is 0 Å². The summed E-state index contributed by atoms with van der Waals surface area (Å²) in [7, 11) is 0. The molecule has 1 saturated carbocycles. The first-order valence-corrected chi connectivity index (χ1v) is 7.92. The number of rotatable bonds is 8. The van der Waals surface area contributed by atoms with E-state index >= 15 is 0 Å². The fourth-order valence-corrected chi connectivity index (χ4v) is 2.95. The van der Waals surface area contributed by atoms with Gasteiger partial charge in [0, 0.05) is 19.2 Å². The van der Waals surface area contributed by atoms with Crippen molar-refractivity contribution in [2.75, 3.05) is 19.8 Å². The van der Waals surface area contributed by atoms with E-state index in [-0.39, 0.29) is 0 Å². The third-order valence-corrected chi connectivity index (χ3v) is 4.17. The van der Waals surface area contributed by atoms with Gasteiger partial charge in [-0.2, -0.15) is 0 Å². The van der Waals surface area contributed by atoms with Gasteiger partial charge in [-0.05, 0) is 37.0 Å². The van der Waals surface area contributed by atoms with Gasteiger partial charge in [-0.3, -0.25) is 0 Å². The monoisotopic (exact) mass is 255 g/mol. The maximum absolute atomic E-state index is 5.67. The van der Waals surface area contributed by atoms with Crippen LogP contribution in [0.2, 0.25) is 0 Å². The molecule has 1 aliphatic carbocycles. The zero-order chi connectivity index (χ0) is 13.4. The average molecular weight is 255 g/mol. The van der Waals surface area contributed by atoms with Crippen LogP contribution in [0.3, 0.4) is 0 Å². The molecule has 0 amide bonds. The van der Waals surface area contributed by atoms with Crippen LogP contribution in [0, 0.1) is 17.8 Å². The molecular formula is C16H33NO. The van der Waals surface area contributed by atoms with Gasteiger partial charge < -0.3 is 10.1 Å². The largest absolute Gasteiger partial charge is 0.380 e. The van der Waals surface area contributed by atoms with Crippen molar-refractivity contribution in [3.63, 3.8) is 0 Å². The van der Waals surface area contributed by atoms with Crippen molar-refractivity contribution in [2.24, 2.45) is 17.8 Å². The van der Waals surface area contributed by atoms with Gasteiger partial charge in [0.1, 0.15) is 0 Å². The number of ether oxygens (including phenoxy) is 1. The Kier molecular flexibility index (Phi) is 7.92. The minimum Gasteiger partial charge on any atom is -0.380 e. The number of hydrogen-bond acceptors (Lipinski definition) is 2. The molecule has 2 nitrogen and oxygen atoms in total. The minimum atomic E-state index is 0.729. The second kappa shape index (κ2) is 8.92. The molecule has 0 aromatic rings. The van der Waals surface area contributed by atoms with Crippen molar-refractivity contribution in [1.82, 2.24) is 5.32 Å². The van der Waals surface area contributed by atoms with E-state index in [4.69, 9.17) is 4.74 Å². The summed E-state index contributed by atoms with van der Waals surface area (Å²) in [4.78, 5) is 0. The first-order chi connectivity index (χ1) is 8.61. The van der Waals surface area contributed by atoms with Crippen molar-refractivity contribution >= 4 is 0 Å². The van der Waals surface area contributed by atoms with E-state index in [1.807, 2.05) is 0 Å². The van der Waals surface area contributed by atoms with E-state index in [1.165, 1.54) is 32.1 Å². The van der Waals surface area contributed by atoms with Crippen LogP contribution in [0.4, 0.5) is 0 Å². The van der Waals surface area contributed by atoms with Crippen molar-refractivity contribution in [2.45, 2.75) is 65.8 Å². The Morgan fingerprint density at radius 1 is 1.06 bits per heavy atom. The highest BCUT2D eigenvalue weighted by atomic mass is 16.5. The average Bonchev–Trinajstić information content (AvgIpc) is 2.33. The van der Waals surface area contributed by atoms with E-state index in [2.05, 4.69) is 33.0 Å². The van der Waals surface area contributed by atoms with Gasteiger partial charge in [-0.1, -0.05) is 40.5 Å². The summed E-state index contributed by atoms with van der Waals surface area (Å²) in [6.07, 6.45) is 6.76. The Bertz CT molecular complexity index is 203. The molecule has 0 aliphatic heterocycles. The van der Waals surface area contributed by atoms with Gasteiger partial charge >= 0.3 is 0 Å². The third-order valence-electron chi connectivity index (χ3n) is 4.17. The number of nitrogens with one attached hydrogen (secondary N) is 1. The molecule has 0 aromatic carbocycles. The fourth-order valence-electron chi connectivity index (χ4n) is 2.95. The summed E-state index contributed by atoms with van der Waals surface area (Å²) in [6.45, 7) is 12.0. The first kappa shape index (κ1) is 16.0. The normalized spacial score (nSPS) is 25.0. The summed E-state index contributed by atoms with van der Waals surface area (Å²) in [6, 6.07) is 0.729. The zero-order valence-electron chi connectivity index (χ0n) is 12.9. The van der Waals surface area contributed by atoms with Crippen LogP contribution in [-0.2, 0) is 4.74 Å². The highest BCUT2D eigenvalue weighted by molar-refractivity contribution is 4.82. The molecule has 0 saturated heterocycles. The lowest BCUT2D eigenvalue weighted by molar-refractivity contribution is 0.115. The molecular weight excluding hydrogens is 222 g/mol. The smallest absolute Gasteiger partial charge is 0.0591 e. The predicted molar refractivity (Wildman–Crippen MR) is 78.9 cm³/mol. The molecule has 2 atom stereocenters. The van der Waals surface area contributed by atoms with Crippen molar-refractivity contribution in [3.8, 4) is 0 Å². The SMILES string of the molecule is CC(C)CCOCCNC1CCCCC1C(C)C. The van der Waals surface area contributed by atoms with E-state index in [9.17, 15) is 0 Å². The molecule has 0 bridgehead atoms. The Hall–Kier alpha value is -0.0800. The first-order valence-electron chi connectivity index (χ1n) is 7.92. The Morgan fingerprint density at radius 2 is 1.78 bits per heavy atom. The molecule has 0 radical (unpaired) electrons. The molecule has 0 spiro atoms. The molecule has 108 valence electrons. The van der Waals surface area contributed by atoms with E-state index in [0.717, 1.165) is 43.6 Å². The lowest BCUT2D eigenvalue weighted by Gasteiger charge is -2.35. The zero-order valence-corrected chi connectivity index (χ0v) is 12.9. The Morgan fingerprint density at radius 3 is 2.44 bits per heavy atom. The van der Waals surface area contributed by atoms with Crippen molar-refractivity contribution in [1.29, 1.82) is 0 Å². The van der Waals surface area contributed by atoms with Crippen molar-refractivity contribution < 1.29 is 4.74 Å². The highest BCUT2D eigenvalue weighted by Crippen LogP contribution is 2.29. The maximum atomic E-state index is 5.67.